The van der Waals surface area contributed by atoms with Crippen molar-refractivity contribution in [3.63, 3.8) is 0 Å². The van der Waals surface area contributed by atoms with Gasteiger partial charge >= 0.3 is 0 Å². The second kappa shape index (κ2) is 5.21. The molecule has 0 saturated heterocycles. The number of hydrogen-bond donors (Lipinski definition) is 1. The first kappa shape index (κ1) is 13.1. The lowest BCUT2D eigenvalue weighted by molar-refractivity contribution is 0.406. The Morgan fingerprint density at radius 2 is 1.70 bits per heavy atom. The van der Waals surface area contributed by atoms with E-state index in [9.17, 15) is 8.78 Å². The fourth-order valence-electron chi connectivity index (χ4n) is 2.56. The van der Waals surface area contributed by atoms with Gasteiger partial charge in [-0.3, -0.25) is 0 Å². The van der Waals surface area contributed by atoms with E-state index in [4.69, 9.17) is 10.5 Å². The Kier molecular flexibility index (Phi) is 3.40. The zero-order chi connectivity index (χ0) is 14.1. The highest BCUT2D eigenvalue weighted by Gasteiger charge is 2.16. The van der Waals surface area contributed by atoms with Gasteiger partial charge in [0.05, 0.1) is 0 Å². The molecule has 0 heterocycles. The number of ether oxygens (including phenoxy) is 1. The van der Waals surface area contributed by atoms with E-state index in [-0.39, 0.29) is 12.3 Å². The third-order valence-corrected chi connectivity index (χ3v) is 3.58. The summed E-state index contributed by atoms with van der Waals surface area (Å²) >= 11 is 0. The molecule has 20 heavy (non-hydrogen) atoms. The highest BCUT2D eigenvalue weighted by atomic mass is 19.1. The van der Waals surface area contributed by atoms with Gasteiger partial charge in [0.1, 0.15) is 5.75 Å². The van der Waals surface area contributed by atoms with Crippen molar-refractivity contribution in [3.05, 3.63) is 58.7 Å². The second-order valence-electron chi connectivity index (χ2n) is 4.98. The van der Waals surface area contributed by atoms with E-state index < -0.39 is 11.6 Å². The van der Waals surface area contributed by atoms with Crippen LogP contribution in [-0.2, 0) is 19.4 Å². The summed E-state index contributed by atoms with van der Waals surface area (Å²) < 4.78 is 33.0. The Morgan fingerprint density at radius 1 is 1.00 bits per heavy atom. The molecule has 2 nitrogen and oxygen atoms in total. The molecule has 0 radical (unpaired) electrons. The van der Waals surface area contributed by atoms with Crippen LogP contribution < -0.4 is 10.5 Å². The summed E-state index contributed by atoms with van der Waals surface area (Å²) in [6.45, 7) is 0.0902. The van der Waals surface area contributed by atoms with Gasteiger partial charge in [-0.2, -0.15) is 0 Å². The number of rotatable bonds is 3. The summed E-state index contributed by atoms with van der Waals surface area (Å²) in [5.41, 5.74) is 8.27. The summed E-state index contributed by atoms with van der Waals surface area (Å²) in [6, 6.07) is 7.97. The normalized spacial score (nSPS) is 13.3. The molecule has 0 aromatic heterocycles. The van der Waals surface area contributed by atoms with Crippen LogP contribution in [0.1, 0.15) is 23.1 Å². The van der Waals surface area contributed by atoms with Gasteiger partial charge in [0.15, 0.2) is 17.4 Å². The predicted molar refractivity (Wildman–Crippen MR) is 72.8 cm³/mol. The molecule has 2 N–H and O–H groups in total. The first-order valence-corrected chi connectivity index (χ1v) is 6.65. The second-order valence-corrected chi connectivity index (χ2v) is 4.98. The zero-order valence-electron chi connectivity index (χ0n) is 11.0. The van der Waals surface area contributed by atoms with Crippen LogP contribution >= 0.6 is 0 Å². The average molecular weight is 275 g/mol. The average Bonchev–Trinajstić information content (AvgIpc) is 2.90. The first-order chi connectivity index (χ1) is 9.67. The molecule has 0 atom stereocenters. The van der Waals surface area contributed by atoms with Crippen molar-refractivity contribution < 1.29 is 13.5 Å². The molecule has 0 unspecified atom stereocenters. The fourth-order valence-corrected chi connectivity index (χ4v) is 2.56. The van der Waals surface area contributed by atoms with Crippen molar-refractivity contribution >= 4 is 0 Å². The molecule has 0 saturated carbocycles. The highest BCUT2D eigenvalue weighted by Crippen LogP contribution is 2.32. The van der Waals surface area contributed by atoms with E-state index in [1.807, 2.05) is 12.1 Å². The number of aryl methyl sites for hydroxylation is 2. The van der Waals surface area contributed by atoms with E-state index in [0.717, 1.165) is 19.3 Å². The Balaban J connectivity index is 1.91. The summed E-state index contributed by atoms with van der Waals surface area (Å²) in [6.07, 6.45) is 3.17. The third-order valence-electron chi connectivity index (χ3n) is 3.58. The van der Waals surface area contributed by atoms with Gasteiger partial charge in [-0.25, -0.2) is 8.78 Å². The standard InChI is InChI=1S/C16H15F2NO/c17-14-6-10(9-19)7-15(18)16(14)20-13-5-4-11-2-1-3-12(11)8-13/h4-8H,1-3,9,19H2. The van der Waals surface area contributed by atoms with E-state index in [0.29, 0.717) is 11.3 Å². The van der Waals surface area contributed by atoms with E-state index in [2.05, 4.69) is 0 Å². The van der Waals surface area contributed by atoms with Gasteiger partial charge in [-0.1, -0.05) is 6.07 Å². The van der Waals surface area contributed by atoms with Crippen molar-refractivity contribution in [2.75, 3.05) is 0 Å². The SMILES string of the molecule is NCc1cc(F)c(Oc2ccc3c(c2)CCC3)c(F)c1. The van der Waals surface area contributed by atoms with Crippen LogP contribution in [0.5, 0.6) is 11.5 Å². The van der Waals surface area contributed by atoms with Gasteiger partial charge in [0.2, 0.25) is 0 Å². The maximum atomic E-state index is 13.8. The largest absolute Gasteiger partial charge is 0.451 e. The maximum absolute atomic E-state index is 13.8. The van der Waals surface area contributed by atoms with Crippen LogP contribution in [0.15, 0.2) is 30.3 Å². The summed E-state index contributed by atoms with van der Waals surface area (Å²) in [4.78, 5) is 0. The lowest BCUT2D eigenvalue weighted by Gasteiger charge is -2.10. The van der Waals surface area contributed by atoms with Crippen molar-refractivity contribution in [1.29, 1.82) is 0 Å². The van der Waals surface area contributed by atoms with E-state index in [1.54, 1.807) is 6.07 Å². The molecule has 3 rings (SSSR count). The molecule has 4 heteroatoms. The van der Waals surface area contributed by atoms with E-state index in [1.165, 1.54) is 23.3 Å². The maximum Gasteiger partial charge on any atom is 0.198 e. The lowest BCUT2D eigenvalue weighted by atomic mass is 10.1. The number of nitrogens with two attached hydrogens (primary N) is 1. The van der Waals surface area contributed by atoms with Crippen LogP contribution in [0.2, 0.25) is 0 Å². The summed E-state index contributed by atoms with van der Waals surface area (Å²) in [7, 11) is 0. The van der Waals surface area contributed by atoms with Gasteiger partial charge in [0, 0.05) is 6.54 Å². The predicted octanol–water partition coefficient (Wildman–Crippen LogP) is 3.70. The minimum atomic E-state index is -0.731. The molecular formula is C16H15F2NO. The Morgan fingerprint density at radius 3 is 2.40 bits per heavy atom. The summed E-state index contributed by atoms with van der Waals surface area (Å²) in [5, 5.41) is 0. The molecular weight excluding hydrogens is 260 g/mol. The molecule has 1 aliphatic carbocycles. The monoisotopic (exact) mass is 275 g/mol. The van der Waals surface area contributed by atoms with Gasteiger partial charge in [0.25, 0.3) is 0 Å². The Labute approximate surface area is 116 Å². The number of fused-ring (bicyclic) bond motifs is 1. The number of hydrogen-bond acceptors (Lipinski definition) is 2. The molecule has 2 aromatic carbocycles. The molecule has 0 amide bonds. The van der Waals surface area contributed by atoms with Crippen LogP contribution in [0.4, 0.5) is 8.78 Å². The zero-order valence-corrected chi connectivity index (χ0v) is 11.0. The molecule has 0 fully saturated rings. The Hall–Kier alpha value is -1.94. The molecule has 1 aliphatic rings. The Bertz CT molecular complexity index is 632. The third kappa shape index (κ3) is 2.39. The number of benzene rings is 2. The van der Waals surface area contributed by atoms with Crippen molar-refractivity contribution in [2.24, 2.45) is 5.73 Å². The first-order valence-electron chi connectivity index (χ1n) is 6.65. The van der Waals surface area contributed by atoms with Crippen LogP contribution in [0, 0.1) is 11.6 Å². The minimum Gasteiger partial charge on any atom is -0.451 e. The van der Waals surface area contributed by atoms with Crippen LogP contribution in [0.25, 0.3) is 0 Å². The van der Waals surface area contributed by atoms with Gasteiger partial charge in [-0.15, -0.1) is 0 Å². The van der Waals surface area contributed by atoms with E-state index >= 15 is 0 Å². The minimum absolute atomic E-state index is 0.0902. The topological polar surface area (TPSA) is 35.2 Å². The van der Waals surface area contributed by atoms with Crippen LogP contribution in [0.3, 0.4) is 0 Å². The molecule has 2 aromatic rings. The molecule has 104 valence electrons. The van der Waals surface area contributed by atoms with Gasteiger partial charge in [-0.05, 0) is 60.2 Å². The van der Waals surface area contributed by atoms with Crippen molar-refractivity contribution in [3.8, 4) is 11.5 Å². The van der Waals surface area contributed by atoms with Crippen molar-refractivity contribution in [1.82, 2.24) is 0 Å². The molecule has 0 aliphatic heterocycles. The lowest BCUT2D eigenvalue weighted by Crippen LogP contribution is -2.00. The quantitative estimate of drug-likeness (QED) is 0.927. The summed E-state index contributed by atoms with van der Waals surface area (Å²) in [5.74, 6) is -1.37. The van der Waals surface area contributed by atoms with Gasteiger partial charge < -0.3 is 10.5 Å². The van der Waals surface area contributed by atoms with Crippen molar-refractivity contribution in [2.45, 2.75) is 25.8 Å². The van der Waals surface area contributed by atoms with Crippen LogP contribution in [-0.4, -0.2) is 0 Å². The number of halogens is 2. The smallest absolute Gasteiger partial charge is 0.198 e. The highest BCUT2D eigenvalue weighted by molar-refractivity contribution is 5.41. The molecule has 0 spiro atoms. The molecule has 0 bridgehead atoms. The fraction of sp³-hybridized carbons (Fsp3) is 0.250.